The number of anilines is 1. The van der Waals surface area contributed by atoms with Crippen LogP contribution >= 0.6 is 11.3 Å². The molecule has 1 aliphatic rings. The number of aliphatic hydroxyl groups is 1. The maximum absolute atomic E-state index is 13.3. The molecule has 0 radical (unpaired) electrons. The van der Waals surface area contributed by atoms with Gasteiger partial charge in [0.15, 0.2) is 17.3 Å². The maximum Gasteiger partial charge on any atom is 0.294 e. The molecular formula is C25H23NO5S. The molecule has 1 N–H and O–H groups in total. The molecule has 2 heterocycles. The summed E-state index contributed by atoms with van der Waals surface area (Å²) in [6, 6.07) is 15.5. The third-order valence-electron chi connectivity index (χ3n) is 5.55. The van der Waals surface area contributed by atoms with Crippen LogP contribution in [0, 0.1) is 0 Å². The van der Waals surface area contributed by atoms with Gasteiger partial charge in [0.05, 0.1) is 30.7 Å². The maximum atomic E-state index is 13.3. The van der Waals surface area contributed by atoms with Crippen molar-refractivity contribution in [2.45, 2.75) is 19.4 Å². The van der Waals surface area contributed by atoms with Crippen LogP contribution in [0.2, 0.25) is 0 Å². The van der Waals surface area contributed by atoms with Gasteiger partial charge in [0.1, 0.15) is 0 Å². The number of carbonyl (C=O) groups is 2. The van der Waals surface area contributed by atoms with E-state index < -0.39 is 17.7 Å². The molecule has 0 saturated heterocycles. The van der Waals surface area contributed by atoms with Gasteiger partial charge in [-0.25, -0.2) is 0 Å². The number of carbonyl (C=O) groups excluding carboxylic acids is 2. The molecule has 0 bridgehead atoms. The van der Waals surface area contributed by atoms with Crippen molar-refractivity contribution in [1.82, 2.24) is 0 Å². The van der Waals surface area contributed by atoms with Crippen LogP contribution in [0.5, 0.6) is 11.5 Å². The molecule has 7 heteroatoms. The van der Waals surface area contributed by atoms with Crippen LogP contribution in [-0.2, 0) is 11.2 Å². The van der Waals surface area contributed by atoms with Crippen molar-refractivity contribution in [2.24, 2.45) is 0 Å². The Balaban J connectivity index is 1.87. The van der Waals surface area contributed by atoms with Crippen molar-refractivity contribution < 1.29 is 24.2 Å². The van der Waals surface area contributed by atoms with Crippen molar-refractivity contribution in [1.29, 1.82) is 0 Å². The van der Waals surface area contributed by atoms with Crippen molar-refractivity contribution in [2.75, 3.05) is 19.1 Å². The number of thiophene rings is 1. The van der Waals surface area contributed by atoms with Gasteiger partial charge in [0.2, 0.25) is 5.78 Å². The Morgan fingerprint density at radius 1 is 1.06 bits per heavy atom. The monoisotopic (exact) mass is 449 g/mol. The third-order valence-corrected chi connectivity index (χ3v) is 6.42. The molecule has 0 spiro atoms. The van der Waals surface area contributed by atoms with E-state index in [1.54, 1.807) is 35.7 Å². The van der Waals surface area contributed by atoms with Gasteiger partial charge >= 0.3 is 0 Å². The number of nitrogens with zero attached hydrogens (tertiary/aromatic N) is 1. The molecule has 4 rings (SSSR count). The fourth-order valence-electron chi connectivity index (χ4n) is 3.87. The van der Waals surface area contributed by atoms with E-state index in [0.717, 1.165) is 17.5 Å². The molecule has 1 aliphatic heterocycles. The van der Waals surface area contributed by atoms with E-state index in [1.165, 1.54) is 30.5 Å². The second-order valence-electron chi connectivity index (χ2n) is 7.28. The lowest BCUT2D eigenvalue weighted by Gasteiger charge is -2.27. The number of aliphatic hydroxyl groups excluding tert-OH is 1. The van der Waals surface area contributed by atoms with Gasteiger partial charge in [0.25, 0.3) is 5.91 Å². The lowest BCUT2D eigenvalue weighted by molar-refractivity contribution is -0.117. The van der Waals surface area contributed by atoms with Crippen LogP contribution in [0.3, 0.4) is 0 Å². The molecule has 164 valence electrons. The molecule has 6 nitrogen and oxygen atoms in total. The van der Waals surface area contributed by atoms with Gasteiger partial charge in [-0.15, -0.1) is 11.3 Å². The molecule has 0 aliphatic carbocycles. The predicted octanol–water partition coefficient (Wildman–Crippen LogP) is 5.11. The number of Topliss-reactive ketones (excluding diaryl/α,β-unsaturated/α-hetero) is 1. The summed E-state index contributed by atoms with van der Waals surface area (Å²) in [5, 5.41) is 12.6. The number of benzene rings is 2. The van der Waals surface area contributed by atoms with Crippen molar-refractivity contribution in [3.8, 4) is 11.5 Å². The fourth-order valence-corrected chi connectivity index (χ4v) is 4.55. The van der Waals surface area contributed by atoms with E-state index in [9.17, 15) is 14.7 Å². The quantitative estimate of drug-likeness (QED) is 0.507. The molecule has 32 heavy (non-hydrogen) atoms. The van der Waals surface area contributed by atoms with Gasteiger partial charge < -0.3 is 14.6 Å². The Labute approximate surface area is 190 Å². The second kappa shape index (κ2) is 8.88. The molecule has 1 amide bonds. The minimum absolute atomic E-state index is 0.0662. The lowest BCUT2D eigenvalue weighted by Crippen LogP contribution is -2.31. The molecule has 3 aromatic rings. The van der Waals surface area contributed by atoms with Crippen LogP contribution < -0.4 is 14.4 Å². The average Bonchev–Trinajstić information content (AvgIpc) is 3.46. The number of hydrogen-bond acceptors (Lipinski definition) is 6. The third kappa shape index (κ3) is 3.65. The summed E-state index contributed by atoms with van der Waals surface area (Å²) in [5.41, 5.74) is 2.42. The van der Waals surface area contributed by atoms with E-state index in [1.807, 2.05) is 24.3 Å². The minimum Gasteiger partial charge on any atom is -0.503 e. The lowest BCUT2D eigenvalue weighted by atomic mass is 9.94. The minimum atomic E-state index is -0.777. The number of aryl methyl sites for hydroxylation is 1. The molecule has 1 aromatic heterocycles. The normalized spacial score (nSPS) is 15.9. The summed E-state index contributed by atoms with van der Waals surface area (Å²) < 4.78 is 10.7. The van der Waals surface area contributed by atoms with Gasteiger partial charge in [-0.05, 0) is 41.1 Å². The number of ether oxygens (including phenoxy) is 2. The van der Waals surface area contributed by atoms with Crippen LogP contribution in [0.4, 0.5) is 5.69 Å². The number of methoxy groups -OCH3 is 2. The Hall–Kier alpha value is -3.58. The number of amides is 1. The largest absolute Gasteiger partial charge is 0.503 e. The molecule has 2 aromatic carbocycles. The van der Waals surface area contributed by atoms with Crippen LogP contribution in [0.1, 0.15) is 33.8 Å². The molecule has 0 saturated carbocycles. The molecule has 1 atom stereocenters. The van der Waals surface area contributed by atoms with E-state index in [0.29, 0.717) is 22.1 Å². The Morgan fingerprint density at radius 3 is 2.38 bits per heavy atom. The number of rotatable bonds is 7. The van der Waals surface area contributed by atoms with Gasteiger partial charge in [0, 0.05) is 11.8 Å². The Kier molecular flexibility index (Phi) is 6.01. The highest BCUT2D eigenvalue weighted by Crippen LogP contribution is 2.44. The van der Waals surface area contributed by atoms with Crippen LogP contribution in [0.25, 0.3) is 0 Å². The molecule has 0 fully saturated rings. The molecule has 1 unspecified atom stereocenters. The Morgan fingerprint density at radius 2 is 1.78 bits per heavy atom. The second-order valence-corrected chi connectivity index (χ2v) is 8.23. The van der Waals surface area contributed by atoms with E-state index in [-0.39, 0.29) is 11.4 Å². The van der Waals surface area contributed by atoms with E-state index in [4.69, 9.17) is 9.47 Å². The van der Waals surface area contributed by atoms with Gasteiger partial charge in [-0.2, -0.15) is 0 Å². The first-order chi connectivity index (χ1) is 15.5. The SMILES string of the molecule is CCc1ccc(C2C(C(=O)c3cccs3)=C(O)C(=O)N2c2ccc(OC)c(OC)c2)cc1. The zero-order valence-electron chi connectivity index (χ0n) is 18.0. The standard InChI is InChI=1S/C25H23NO5S/c1-4-15-7-9-16(10-8-15)22-21(23(27)20-6-5-13-32-20)24(28)25(29)26(22)17-11-12-18(30-2)19(14-17)31-3/h5-14,22,28H,4H2,1-3H3. The predicted molar refractivity (Wildman–Crippen MR) is 124 cm³/mol. The van der Waals surface area contributed by atoms with Gasteiger partial charge in [-0.1, -0.05) is 37.3 Å². The number of hydrogen-bond donors (Lipinski definition) is 1. The summed E-state index contributed by atoms with van der Waals surface area (Å²) in [5.74, 6) is -0.586. The van der Waals surface area contributed by atoms with Crippen LogP contribution in [0.15, 0.2) is 71.3 Å². The smallest absolute Gasteiger partial charge is 0.294 e. The van der Waals surface area contributed by atoms with E-state index >= 15 is 0 Å². The van der Waals surface area contributed by atoms with Crippen LogP contribution in [-0.4, -0.2) is 31.0 Å². The van der Waals surface area contributed by atoms with E-state index in [2.05, 4.69) is 6.92 Å². The average molecular weight is 450 g/mol. The summed E-state index contributed by atoms with van der Waals surface area (Å²) in [4.78, 5) is 28.5. The fraction of sp³-hybridized carbons (Fsp3) is 0.200. The highest BCUT2D eigenvalue weighted by molar-refractivity contribution is 7.12. The zero-order valence-corrected chi connectivity index (χ0v) is 18.8. The summed E-state index contributed by atoms with van der Waals surface area (Å²) >= 11 is 1.27. The van der Waals surface area contributed by atoms with Crippen molar-refractivity contribution in [3.05, 3.63) is 87.3 Å². The van der Waals surface area contributed by atoms with Crippen molar-refractivity contribution >= 4 is 28.7 Å². The topological polar surface area (TPSA) is 76.1 Å². The highest BCUT2D eigenvalue weighted by Gasteiger charge is 2.45. The summed E-state index contributed by atoms with van der Waals surface area (Å²) in [6.07, 6.45) is 0.866. The first-order valence-electron chi connectivity index (χ1n) is 10.2. The molecular weight excluding hydrogens is 426 g/mol. The van der Waals surface area contributed by atoms with Gasteiger partial charge in [-0.3, -0.25) is 14.5 Å². The first kappa shape index (κ1) is 21.6. The first-order valence-corrected chi connectivity index (χ1v) is 11.0. The van der Waals surface area contributed by atoms with Crippen molar-refractivity contribution in [3.63, 3.8) is 0 Å². The Bertz CT molecular complexity index is 1180. The number of ketones is 1. The zero-order chi connectivity index (χ0) is 22.8. The summed E-state index contributed by atoms with van der Waals surface area (Å²) in [6.45, 7) is 2.06. The summed E-state index contributed by atoms with van der Waals surface area (Å²) in [7, 11) is 3.04. The highest BCUT2D eigenvalue weighted by atomic mass is 32.1.